The molecule has 0 aliphatic heterocycles. The molecule has 0 spiro atoms. The maximum atomic E-state index is 11.9. The largest absolute Gasteiger partial charge is 0.354 e. The fourth-order valence-electron chi connectivity index (χ4n) is 0.748. The van der Waals surface area contributed by atoms with E-state index in [0.29, 0.717) is 12.3 Å². The molecule has 1 aromatic heterocycles. The van der Waals surface area contributed by atoms with Crippen molar-refractivity contribution in [2.24, 2.45) is 0 Å². The van der Waals surface area contributed by atoms with Gasteiger partial charge < -0.3 is 4.98 Å². The number of aromatic nitrogens is 1. The minimum atomic E-state index is -2.84. The molecule has 0 unspecified atom stereocenters. The molecule has 0 aliphatic rings. The van der Waals surface area contributed by atoms with Crippen LogP contribution in [-0.4, -0.2) is 9.91 Å². The molecule has 1 aromatic rings. The number of alkyl halides is 2. The lowest BCUT2D eigenvalue weighted by atomic mass is 10.3. The Morgan fingerprint density at radius 3 is 2.54 bits per heavy atom. The molecule has 7 heteroatoms. The number of nitrogens with zero attached hydrogens (tertiary/aromatic N) is 1. The van der Waals surface area contributed by atoms with Crippen molar-refractivity contribution in [2.45, 2.75) is 6.43 Å². The summed E-state index contributed by atoms with van der Waals surface area (Å²) < 4.78 is 23.9. The number of pyridine rings is 1. The van der Waals surface area contributed by atoms with E-state index in [0.717, 1.165) is 0 Å². The third-order valence-electron chi connectivity index (χ3n) is 1.35. The Bertz CT molecular complexity index is 388. The van der Waals surface area contributed by atoms with Crippen LogP contribution in [0.1, 0.15) is 12.1 Å². The summed E-state index contributed by atoms with van der Waals surface area (Å²) in [5, 5.41) is 10.1. The molecule has 0 amide bonds. The van der Waals surface area contributed by atoms with Crippen molar-refractivity contribution in [1.82, 2.24) is 4.98 Å². The van der Waals surface area contributed by atoms with Crippen LogP contribution < -0.4 is 5.43 Å². The molecule has 0 saturated heterocycles. The van der Waals surface area contributed by atoms with E-state index in [1.165, 1.54) is 0 Å². The van der Waals surface area contributed by atoms with Crippen molar-refractivity contribution in [3.63, 3.8) is 0 Å². The third-order valence-corrected chi connectivity index (χ3v) is 1.35. The van der Waals surface area contributed by atoms with Gasteiger partial charge in [-0.15, -0.1) is 0 Å². The lowest BCUT2D eigenvalue weighted by Gasteiger charge is -1.97. The van der Waals surface area contributed by atoms with E-state index in [9.17, 15) is 23.7 Å². The molecule has 1 heterocycles. The Labute approximate surface area is 70.2 Å². The van der Waals surface area contributed by atoms with Gasteiger partial charge >= 0.3 is 5.69 Å². The van der Waals surface area contributed by atoms with Gasteiger partial charge in [-0.3, -0.25) is 14.9 Å². The molecule has 5 nitrogen and oxygen atoms in total. The van der Waals surface area contributed by atoms with Crippen molar-refractivity contribution >= 4 is 5.69 Å². The monoisotopic (exact) mass is 190 g/mol. The molecule has 0 aromatic carbocycles. The highest BCUT2D eigenvalue weighted by Gasteiger charge is 2.15. The SMILES string of the molecule is O=c1cc(C(F)F)[nH]cc1[N+](=O)[O-]. The number of nitro groups is 1. The summed E-state index contributed by atoms with van der Waals surface area (Å²) in [7, 11) is 0. The fourth-order valence-corrected chi connectivity index (χ4v) is 0.748. The van der Waals surface area contributed by atoms with Crippen LogP contribution in [0.25, 0.3) is 0 Å². The maximum absolute atomic E-state index is 11.9. The normalized spacial score (nSPS) is 10.4. The molecule has 1 rings (SSSR count). The predicted molar refractivity (Wildman–Crippen MR) is 38.7 cm³/mol. The maximum Gasteiger partial charge on any atom is 0.332 e. The van der Waals surface area contributed by atoms with Gasteiger partial charge in [0, 0.05) is 6.07 Å². The standard InChI is InChI=1S/C6H4F2N2O3/c7-6(8)3-1-5(11)4(2-9-3)10(12)13/h1-2,6H,(H,9,11). The predicted octanol–water partition coefficient (Wildman–Crippen LogP) is 1.22. The summed E-state index contributed by atoms with van der Waals surface area (Å²) in [6.45, 7) is 0. The molecule has 0 radical (unpaired) electrons. The summed E-state index contributed by atoms with van der Waals surface area (Å²) in [5.41, 5.74) is -2.40. The smallest absolute Gasteiger partial charge is 0.332 e. The van der Waals surface area contributed by atoms with Crippen molar-refractivity contribution in [2.75, 3.05) is 0 Å². The van der Waals surface area contributed by atoms with Gasteiger partial charge in [-0.1, -0.05) is 0 Å². The zero-order valence-electron chi connectivity index (χ0n) is 6.16. The summed E-state index contributed by atoms with van der Waals surface area (Å²) in [4.78, 5) is 21.9. The third kappa shape index (κ3) is 1.86. The summed E-state index contributed by atoms with van der Waals surface area (Å²) in [5.74, 6) is 0. The van der Waals surface area contributed by atoms with Gasteiger partial charge in [0.05, 0.1) is 16.8 Å². The molecule has 13 heavy (non-hydrogen) atoms. The summed E-state index contributed by atoms with van der Waals surface area (Å²) in [6.07, 6.45) is -2.18. The topological polar surface area (TPSA) is 76.0 Å². The Kier molecular flexibility index (Phi) is 2.36. The minimum Gasteiger partial charge on any atom is -0.354 e. The van der Waals surface area contributed by atoms with Crippen molar-refractivity contribution < 1.29 is 13.7 Å². The highest BCUT2D eigenvalue weighted by molar-refractivity contribution is 5.27. The summed E-state index contributed by atoms with van der Waals surface area (Å²) >= 11 is 0. The summed E-state index contributed by atoms with van der Waals surface area (Å²) in [6, 6.07) is 0.517. The minimum absolute atomic E-state index is 0.517. The second-order valence-corrected chi connectivity index (χ2v) is 2.20. The Morgan fingerprint density at radius 1 is 1.54 bits per heavy atom. The van der Waals surface area contributed by atoms with E-state index in [1.54, 1.807) is 0 Å². The molecular weight excluding hydrogens is 186 g/mol. The number of rotatable bonds is 2. The van der Waals surface area contributed by atoms with E-state index in [-0.39, 0.29) is 0 Å². The number of halogens is 2. The average molecular weight is 190 g/mol. The van der Waals surface area contributed by atoms with Crippen molar-refractivity contribution in [3.8, 4) is 0 Å². The number of aromatic amines is 1. The quantitative estimate of drug-likeness (QED) is 0.562. The highest BCUT2D eigenvalue weighted by atomic mass is 19.3. The van der Waals surface area contributed by atoms with E-state index in [2.05, 4.69) is 0 Å². The molecule has 70 valence electrons. The first-order valence-electron chi connectivity index (χ1n) is 3.17. The second kappa shape index (κ2) is 3.30. The fraction of sp³-hybridized carbons (Fsp3) is 0.167. The number of hydrogen-bond donors (Lipinski definition) is 1. The average Bonchev–Trinajstić information content (AvgIpc) is 2.03. The molecule has 0 saturated carbocycles. The van der Waals surface area contributed by atoms with Crippen LogP contribution in [0, 0.1) is 10.1 Å². The molecule has 0 bridgehead atoms. The Hall–Kier alpha value is -1.79. The second-order valence-electron chi connectivity index (χ2n) is 2.20. The zero-order valence-corrected chi connectivity index (χ0v) is 6.16. The van der Waals surface area contributed by atoms with Gasteiger partial charge in [0.15, 0.2) is 0 Å². The van der Waals surface area contributed by atoms with Crippen LogP contribution in [-0.2, 0) is 0 Å². The van der Waals surface area contributed by atoms with Crippen molar-refractivity contribution in [3.05, 3.63) is 38.3 Å². The van der Waals surface area contributed by atoms with Crippen LogP contribution >= 0.6 is 0 Å². The van der Waals surface area contributed by atoms with Gasteiger partial charge in [0.25, 0.3) is 11.9 Å². The Morgan fingerprint density at radius 2 is 2.15 bits per heavy atom. The van der Waals surface area contributed by atoms with E-state index in [4.69, 9.17) is 0 Å². The molecule has 1 N–H and O–H groups in total. The lowest BCUT2D eigenvalue weighted by Crippen LogP contribution is -2.09. The first-order valence-corrected chi connectivity index (χ1v) is 3.17. The number of hydrogen-bond acceptors (Lipinski definition) is 3. The van der Waals surface area contributed by atoms with Crippen LogP contribution in [0.3, 0.4) is 0 Å². The zero-order chi connectivity index (χ0) is 10.0. The lowest BCUT2D eigenvalue weighted by molar-refractivity contribution is -0.386. The highest BCUT2D eigenvalue weighted by Crippen LogP contribution is 2.15. The van der Waals surface area contributed by atoms with Crippen LogP contribution in [0.4, 0.5) is 14.5 Å². The van der Waals surface area contributed by atoms with Gasteiger partial charge in [-0.2, -0.15) is 0 Å². The van der Waals surface area contributed by atoms with Crippen LogP contribution in [0.5, 0.6) is 0 Å². The Balaban J connectivity index is 3.21. The number of nitrogens with one attached hydrogen (secondary N) is 1. The first-order chi connectivity index (χ1) is 6.02. The van der Waals surface area contributed by atoms with Gasteiger partial charge in [0.2, 0.25) is 0 Å². The van der Waals surface area contributed by atoms with Gasteiger partial charge in [-0.25, -0.2) is 8.78 Å². The van der Waals surface area contributed by atoms with Crippen LogP contribution in [0.2, 0.25) is 0 Å². The van der Waals surface area contributed by atoms with Gasteiger partial charge in [0.1, 0.15) is 0 Å². The van der Waals surface area contributed by atoms with E-state index >= 15 is 0 Å². The first kappa shape index (κ1) is 9.30. The molecule has 0 atom stereocenters. The van der Waals surface area contributed by atoms with E-state index < -0.39 is 28.2 Å². The van der Waals surface area contributed by atoms with Crippen molar-refractivity contribution in [1.29, 1.82) is 0 Å². The van der Waals surface area contributed by atoms with Crippen LogP contribution in [0.15, 0.2) is 17.1 Å². The molecular formula is C6H4F2N2O3. The number of H-pyrrole nitrogens is 1. The van der Waals surface area contributed by atoms with E-state index in [1.807, 2.05) is 4.98 Å². The van der Waals surface area contributed by atoms with Gasteiger partial charge in [-0.05, 0) is 0 Å². The molecule has 0 fully saturated rings. The molecule has 0 aliphatic carbocycles.